The van der Waals surface area contributed by atoms with E-state index in [0.717, 1.165) is 11.3 Å². The molecule has 0 fully saturated rings. The van der Waals surface area contributed by atoms with E-state index in [1.807, 2.05) is 26.8 Å². The number of rotatable bonds is 4. The van der Waals surface area contributed by atoms with Gasteiger partial charge in [0, 0.05) is 29.3 Å². The molecule has 2 aromatic rings. The summed E-state index contributed by atoms with van der Waals surface area (Å²) in [4.78, 5) is 11.7. The molecule has 0 aliphatic carbocycles. The van der Waals surface area contributed by atoms with Gasteiger partial charge in [-0.05, 0) is 32.9 Å². The molecule has 1 aliphatic heterocycles. The normalized spacial score (nSPS) is 13.7. The van der Waals surface area contributed by atoms with Crippen LogP contribution in [-0.2, 0) is 11.2 Å². The SMILES string of the molecule is CC(C)(C)OC(=O)NCCc1nnc2n1N=C(c1ccc(Cl)cc1Cl)CS2. The van der Waals surface area contributed by atoms with Crippen molar-refractivity contribution in [2.45, 2.75) is 37.9 Å². The third kappa shape index (κ3) is 5.15. The average Bonchev–Trinajstić information content (AvgIpc) is 2.95. The van der Waals surface area contributed by atoms with E-state index in [1.54, 1.807) is 16.8 Å². The van der Waals surface area contributed by atoms with Crippen LogP contribution in [0.15, 0.2) is 28.5 Å². The molecule has 7 nitrogen and oxygen atoms in total. The van der Waals surface area contributed by atoms with Crippen LogP contribution >= 0.6 is 35.0 Å². The first-order valence-electron chi connectivity index (χ1n) is 8.30. The molecule has 0 atom stereocenters. The van der Waals surface area contributed by atoms with Crippen LogP contribution in [0, 0.1) is 0 Å². The van der Waals surface area contributed by atoms with Gasteiger partial charge in [0.1, 0.15) is 5.60 Å². The predicted molar refractivity (Wildman–Crippen MR) is 107 cm³/mol. The van der Waals surface area contributed by atoms with Crippen molar-refractivity contribution in [2.75, 3.05) is 12.3 Å². The number of halogens is 2. The van der Waals surface area contributed by atoms with Gasteiger partial charge in [-0.1, -0.05) is 41.0 Å². The smallest absolute Gasteiger partial charge is 0.407 e. The second-order valence-corrected chi connectivity index (χ2v) is 8.63. The molecule has 27 heavy (non-hydrogen) atoms. The highest BCUT2D eigenvalue weighted by atomic mass is 35.5. The lowest BCUT2D eigenvalue weighted by atomic mass is 10.1. The first kappa shape index (κ1) is 20.0. The van der Waals surface area contributed by atoms with Crippen molar-refractivity contribution < 1.29 is 9.53 Å². The maximum absolute atomic E-state index is 11.7. The lowest BCUT2D eigenvalue weighted by molar-refractivity contribution is 0.0528. The zero-order valence-electron chi connectivity index (χ0n) is 15.1. The summed E-state index contributed by atoms with van der Waals surface area (Å²) < 4.78 is 6.90. The number of hydrogen-bond acceptors (Lipinski definition) is 6. The number of thioether (sulfide) groups is 1. The average molecular weight is 428 g/mol. The minimum absolute atomic E-state index is 0.365. The van der Waals surface area contributed by atoms with Gasteiger partial charge < -0.3 is 10.1 Å². The Morgan fingerprint density at radius 3 is 2.81 bits per heavy atom. The highest BCUT2D eigenvalue weighted by Gasteiger charge is 2.21. The largest absolute Gasteiger partial charge is 0.444 e. The molecule has 1 aliphatic rings. The summed E-state index contributed by atoms with van der Waals surface area (Å²) in [6.45, 7) is 5.81. The van der Waals surface area contributed by atoms with Gasteiger partial charge in [0.25, 0.3) is 0 Å². The second-order valence-electron chi connectivity index (χ2n) is 6.85. The zero-order chi connectivity index (χ0) is 19.6. The Labute approximate surface area is 171 Å². The lowest BCUT2D eigenvalue weighted by Gasteiger charge is -2.19. The van der Waals surface area contributed by atoms with Gasteiger partial charge in [-0.15, -0.1) is 10.2 Å². The van der Waals surface area contributed by atoms with Gasteiger partial charge in [-0.3, -0.25) is 0 Å². The number of carbonyl (C=O) groups is 1. The molecule has 3 rings (SSSR count). The molecule has 0 saturated heterocycles. The fraction of sp³-hybridized carbons (Fsp3) is 0.412. The summed E-state index contributed by atoms with van der Waals surface area (Å²) in [5.41, 5.74) is 1.10. The number of nitrogens with zero attached hydrogens (tertiary/aromatic N) is 4. The minimum atomic E-state index is -0.536. The number of amides is 1. The number of benzene rings is 1. The first-order chi connectivity index (χ1) is 12.7. The van der Waals surface area contributed by atoms with Gasteiger partial charge in [0.2, 0.25) is 5.16 Å². The van der Waals surface area contributed by atoms with Crippen molar-refractivity contribution in [2.24, 2.45) is 5.10 Å². The van der Waals surface area contributed by atoms with Crippen molar-refractivity contribution in [3.05, 3.63) is 39.6 Å². The number of aromatic nitrogens is 3. The van der Waals surface area contributed by atoms with Crippen LogP contribution < -0.4 is 5.32 Å². The topological polar surface area (TPSA) is 81.4 Å². The molecule has 0 spiro atoms. The highest BCUT2D eigenvalue weighted by molar-refractivity contribution is 7.99. The lowest BCUT2D eigenvalue weighted by Crippen LogP contribution is -2.33. The fourth-order valence-corrected chi connectivity index (χ4v) is 3.73. The second kappa shape index (κ2) is 8.08. The Hall–Kier alpha value is -1.77. The van der Waals surface area contributed by atoms with Crippen molar-refractivity contribution in [3.63, 3.8) is 0 Å². The van der Waals surface area contributed by atoms with E-state index in [2.05, 4.69) is 20.6 Å². The summed E-state index contributed by atoms with van der Waals surface area (Å²) >= 11 is 13.8. The van der Waals surface area contributed by atoms with Gasteiger partial charge in [0.05, 0.1) is 10.7 Å². The molecular formula is C17H19Cl2N5O2S. The molecule has 1 amide bonds. The summed E-state index contributed by atoms with van der Waals surface area (Å²) in [5.74, 6) is 1.28. The third-order valence-electron chi connectivity index (χ3n) is 3.49. The van der Waals surface area contributed by atoms with Gasteiger partial charge in [-0.2, -0.15) is 9.78 Å². The fourth-order valence-electron chi connectivity index (χ4n) is 2.37. The van der Waals surface area contributed by atoms with Crippen LogP contribution in [0.2, 0.25) is 10.0 Å². The van der Waals surface area contributed by atoms with Crippen molar-refractivity contribution in [1.82, 2.24) is 20.2 Å². The van der Waals surface area contributed by atoms with Gasteiger partial charge in [-0.25, -0.2) is 4.79 Å². The van der Waals surface area contributed by atoms with E-state index >= 15 is 0 Å². The van der Waals surface area contributed by atoms with E-state index in [0.29, 0.717) is 39.7 Å². The molecule has 0 radical (unpaired) electrons. The Balaban J connectivity index is 1.71. The Bertz CT molecular complexity index is 892. The van der Waals surface area contributed by atoms with Crippen molar-refractivity contribution in [1.29, 1.82) is 0 Å². The molecule has 144 valence electrons. The molecule has 0 unspecified atom stereocenters. The van der Waals surface area contributed by atoms with E-state index in [1.165, 1.54) is 11.8 Å². The summed E-state index contributed by atoms with van der Waals surface area (Å²) in [5, 5.41) is 17.5. The summed E-state index contributed by atoms with van der Waals surface area (Å²) in [6.07, 6.45) is 0.00480. The van der Waals surface area contributed by atoms with E-state index < -0.39 is 11.7 Å². The van der Waals surface area contributed by atoms with Crippen molar-refractivity contribution in [3.8, 4) is 0 Å². The number of ether oxygens (including phenoxy) is 1. The minimum Gasteiger partial charge on any atom is -0.444 e. The van der Waals surface area contributed by atoms with Crippen LogP contribution in [0.25, 0.3) is 0 Å². The zero-order valence-corrected chi connectivity index (χ0v) is 17.5. The number of hydrogen-bond donors (Lipinski definition) is 1. The van der Waals surface area contributed by atoms with Gasteiger partial charge in [0.15, 0.2) is 5.82 Å². The van der Waals surface area contributed by atoms with E-state index in [9.17, 15) is 4.79 Å². The molecule has 0 saturated carbocycles. The molecular weight excluding hydrogens is 409 g/mol. The molecule has 10 heteroatoms. The third-order valence-corrected chi connectivity index (χ3v) is 4.97. The highest BCUT2D eigenvalue weighted by Crippen LogP contribution is 2.28. The predicted octanol–water partition coefficient (Wildman–Crippen LogP) is 4.01. The van der Waals surface area contributed by atoms with Crippen LogP contribution in [0.5, 0.6) is 0 Å². The maximum atomic E-state index is 11.7. The van der Waals surface area contributed by atoms with Crippen LogP contribution in [0.1, 0.15) is 32.2 Å². The molecule has 1 N–H and O–H groups in total. The quantitative estimate of drug-likeness (QED) is 0.796. The van der Waals surface area contributed by atoms with Crippen LogP contribution in [-0.4, -0.2) is 44.6 Å². The van der Waals surface area contributed by atoms with Crippen LogP contribution in [0.3, 0.4) is 0 Å². The standard InChI is InChI=1S/C17H19Cl2N5O2S/c1-17(2,3)26-16(25)20-7-6-14-21-22-15-24(14)23-13(9-27-15)11-5-4-10(18)8-12(11)19/h4-5,8H,6-7,9H2,1-3H3,(H,20,25). The molecule has 1 aromatic heterocycles. The Morgan fingerprint density at radius 2 is 2.11 bits per heavy atom. The number of fused-ring (bicyclic) bond motifs is 1. The van der Waals surface area contributed by atoms with Crippen molar-refractivity contribution >= 4 is 46.8 Å². The molecule has 1 aromatic carbocycles. The maximum Gasteiger partial charge on any atom is 0.407 e. The van der Waals surface area contributed by atoms with E-state index in [-0.39, 0.29) is 0 Å². The summed E-state index contributed by atoms with van der Waals surface area (Å²) in [7, 11) is 0. The Kier molecular flexibility index (Phi) is 5.98. The molecule has 0 bridgehead atoms. The number of carbonyl (C=O) groups excluding carboxylic acids is 1. The Morgan fingerprint density at radius 1 is 1.33 bits per heavy atom. The molecule has 2 heterocycles. The van der Waals surface area contributed by atoms with Crippen LogP contribution in [0.4, 0.5) is 4.79 Å². The number of alkyl carbamates (subject to hydrolysis) is 1. The number of nitrogens with one attached hydrogen (secondary N) is 1. The monoisotopic (exact) mass is 427 g/mol. The van der Waals surface area contributed by atoms with Gasteiger partial charge >= 0.3 is 6.09 Å². The first-order valence-corrected chi connectivity index (χ1v) is 10.0. The summed E-state index contributed by atoms with van der Waals surface area (Å²) in [6, 6.07) is 5.32. The van der Waals surface area contributed by atoms with E-state index in [4.69, 9.17) is 27.9 Å².